The lowest BCUT2D eigenvalue weighted by molar-refractivity contribution is 0.415. The van der Waals surface area contributed by atoms with Gasteiger partial charge in [-0.15, -0.1) is 0 Å². The lowest BCUT2D eigenvalue weighted by Gasteiger charge is -2.14. The average molecular weight is 287 g/mol. The standard InChI is InChI=1S/C16H15ClN2O/c1-11-3-4-12(9-15(11)17)16(10-18)19-13-5-7-14(20-2)8-6-13/h3-9,16,19H,1-2H3. The molecule has 0 saturated carbocycles. The number of nitriles is 1. The van der Waals surface area contributed by atoms with Crippen molar-refractivity contribution in [3.05, 3.63) is 58.6 Å². The molecule has 0 spiro atoms. The number of aryl methyl sites for hydroxylation is 1. The van der Waals surface area contributed by atoms with E-state index in [4.69, 9.17) is 16.3 Å². The van der Waals surface area contributed by atoms with Crippen LogP contribution in [-0.4, -0.2) is 7.11 Å². The van der Waals surface area contributed by atoms with Crippen LogP contribution in [0.1, 0.15) is 17.2 Å². The zero-order valence-electron chi connectivity index (χ0n) is 11.4. The predicted octanol–water partition coefficient (Wildman–Crippen LogP) is 4.33. The summed E-state index contributed by atoms with van der Waals surface area (Å²) in [6.45, 7) is 1.93. The quantitative estimate of drug-likeness (QED) is 0.909. The van der Waals surface area contributed by atoms with Gasteiger partial charge in [-0.3, -0.25) is 0 Å². The molecule has 1 unspecified atom stereocenters. The Hall–Kier alpha value is -2.18. The van der Waals surface area contributed by atoms with Crippen molar-refractivity contribution in [1.29, 1.82) is 5.26 Å². The lowest BCUT2D eigenvalue weighted by atomic mass is 10.1. The maximum Gasteiger partial charge on any atom is 0.140 e. The van der Waals surface area contributed by atoms with E-state index in [0.717, 1.165) is 22.6 Å². The molecule has 2 aromatic carbocycles. The van der Waals surface area contributed by atoms with E-state index in [0.29, 0.717) is 5.02 Å². The summed E-state index contributed by atoms with van der Waals surface area (Å²) in [4.78, 5) is 0. The topological polar surface area (TPSA) is 45.0 Å². The number of methoxy groups -OCH3 is 1. The zero-order valence-corrected chi connectivity index (χ0v) is 12.1. The number of halogens is 1. The van der Waals surface area contributed by atoms with Crippen molar-refractivity contribution < 1.29 is 4.74 Å². The van der Waals surface area contributed by atoms with Crippen LogP contribution in [0.4, 0.5) is 5.69 Å². The van der Waals surface area contributed by atoms with Crippen molar-refractivity contribution in [3.8, 4) is 11.8 Å². The van der Waals surface area contributed by atoms with Crippen molar-refractivity contribution >= 4 is 17.3 Å². The van der Waals surface area contributed by atoms with Gasteiger partial charge in [0.15, 0.2) is 0 Å². The van der Waals surface area contributed by atoms with Gasteiger partial charge in [-0.05, 0) is 48.4 Å². The predicted molar refractivity (Wildman–Crippen MR) is 81.2 cm³/mol. The maximum absolute atomic E-state index is 9.32. The van der Waals surface area contributed by atoms with E-state index in [2.05, 4.69) is 11.4 Å². The number of benzene rings is 2. The molecular weight excluding hydrogens is 272 g/mol. The first-order valence-corrected chi connectivity index (χ1v) is 6.58. The van der Waals surface area contributed by atoms with Gasteiger partial charge < -0.3 is 10.1 Å². The second kappa shape index (κ2) is 6.31. The number of nitrogens with zero attached hydrogens (tertiary/aromatic N) is 1. The highest BCUT2D eigenvalue weighted by Gasteiger charge is 2.11. The molecule has 20 heavy (non-hydrogen) atoms. The smallest absolute Gasteiger partial charge is 0.140 e. The molecule has 3 nitrogen and oxygen atoms in total. The number of anilines is 1. The van der Waals surface area contributed by atoms with E-state index in [-0.39, 0.29) is 0 Å². The van der Waals surface area contributed by atoms with Gasteiger partial charge in [-0.25, -0.2) is 0 Å². The molecule has 4 heteroatoms. The zero-order chi connectivity index (χ0) is 14.5. The van der Waals surface area contributed by atoms with Gasteiger partial charge in [0.2, 0.25) is 0 Å². The second-order valence-corrected chi connectivity index (χ2v) is 4.85. The molecule has 0 aliphatic rings. The molecule has 0 aliphatic heterocycles. The Bertz CT molecular complexity index is 632. The molecule has 2 rings (SSSR count). The summed E-state index contributed by atoms with van der Waals surface area (Å²) in [7, 11) is 1.62. The van der Waals surface area contributed by atoms with Crippen LogP contribution in [0.25, 0.3) is 0 Å². The number of rotatable bonds is 4. The summed E-state index contributed by atoms with van der Waals surface area (Å²) in [5, 5.41) is 13.2. The van der Waals surface area contributed by atoms with E-state index in [1.807, 2.05) is 49.4 Å². The van der Waals surface area contributed by atoms with Crippen LogP contribution in [0.2, 0.25) is 5.02 Å². The van der Waals surface area contributed by atoms with Gasteiger partial charge in [-0.2, -0.15) is 5.26 Å². The molecule has 0 amide bonds. The third-order valence-electron chi connectivity index (χ3n) is 3.06. The molecule has 1 N–H and O–H groups in total. The molecule has 0 aromatic heterocycles. The van der Waals surface area contributed by atoms with Gasteiger partial charge in [0, 0.05) is 10.7 Å². The Balaban J connectivity index is 2.19. The van der Waals surface area contributed by atoms with Crippen LogP contribution in [0.5, 0.6) is 5.75 Å². The monoisotopic (exact) mass is 286 g/mol. The molecule has 1 atom stereocenters. The Morgan fingerprint density at radius 2 is 1.90 bits per heavy atom. The van der Waals surface area contributed by atoms with E-state index in [1.165, 1.54) is 0 Å². The SMILES string of the molecule is COc1ccc(NC(C#N)c2ccc(C)c(Cl)c2)cc1. The van der Waals surface area contributed by atoms with Gasteiger partial charge in [-0.1, -0.05) is 23.7 Å². The van der Waals surface area contributed by atoms with Crippen LogP contribution in [-0.2, 0) is 0 Å². The Morgan fingerprint density at radius 1 is 1.20 bits per heavy atom. The fraction of sp³-hybridized carbons (Fsp3) is 0.188. The first-order valence-electron chi connectivity index (χ1n) is 6.20. The van der Waals surface area contributed by atoms with Crippen LogP contribution in [0, 0.1) is 18.3 Å². The fourth-order valence-electron chi connectivity index (χ4n) is 1.83. The minimum Gasteiger partial charge on any atom is -0.497 e. The number of hydrogen-bond acceptors (Lipinski definition) is 3. The molecule has 0 fully saturated rings. The van der Waals surface area contributed by atoms with Gasteiger partial charge in [0.1, 0.15) is 11.8 Å². The van der Waals surface area contributed by atoms with E-state index in [1.54, 1.807) is 7.11 Å². The van der Waals surface area contributed by atoms with Crippen molar-refractivity contribution in [2.75, 3.05) is 12.4 Å². The van der Waals surface area contributed by atoms with E-state index >= 15 is 0 Å². The molecule has 0 heterocycles. The van der Waals surface area contributed by atoms with E-state index in [9.17, 15) is 5.26 Å². The van der Waals surface area contributed by atoms with Crippen LogP contribution in [0.3, 0.4) is 0 Å². The van der Waals surface area contributed by atoms with Crippen molar-refractivity contribution in [2.24, 2.45) is 0 Å². The molecule has 0 radical (unpaired) electrons. The fourth-order valence-corrected chi connectivity index (χ4v) is 2.02. The first-order chi connectivity index (χ1) is 9.63. The molecule has 0 aliphatic carbocycles. The molecule has 0 saturated heterocycles. The van der Waals surface area contributed by atoms with Crippen molar-refractivity contribution in [1.82, 2.24) is 0 Å². The van der Waals surface area contributed by atoms with Gasteiger partial charge in [0.25, 0.3) is 0 Å². The lowest BCUT2D eigenvalue weighted by Crippen LogP contribution is -2.08. The normalized spacial score (nSPS) is 11.5. The van der Waals surface area contributed by atoms with E-state index < -0.39 is 6.04 Å². The molecule has 102 valence electrons. The molecule has 2 aromatic rings. The number of hydrogen-bond donors (Lipinski definition) is 1. The molecule has 0 bridgehead atoms. The Kier molecular flexibility index (Phi) is 4.49. The maximum atomic E-state index is 9.32. The van der Waals surface area contributed by atoms with Crippen LogP contribution >= 0.6 is 11.6 Å². The third-order valence-corrected chi connectivity index (χ3v) is 3.47. The Morgan fingerprint density at radius 3 is 2.45 bits per heavy atom. The summed E-state index contributed by atoms with van der Waals surface area (Å²) in [6.07, 6.45) is 0. The van der Waals surface area contributed by atoms with Crippen LogP contribution in [0.15, 0.2) is 42.5 Å². The number of ether oxygens (including phenoxy) is 1. The second-order valence-electron chi connectivity index (χ2n) is 4.44. The van der Waals surface area contributed by atoms with Gasteiger partial charge in [0.05, 0.1) is 13.2 Å². The van der Waals surface area contributed by atoms with Crippen molar-refractivity contribution in [2.45, 2.75) is 13.0 Å². The Labute approximate surface area is 123 Å². The highest BCUT2D eigenvalue weighted by atomic mass is 35.5. The molecular formula is C16H15ClN2O. The number of nitrogens with one attached hydrogen (secondary N) is 1. The summed E-state index contributed by atoms with van der Waals surface area (Å²) in [6, 6.07) is 14.9. The minimum atomic E-state index is -0.443. The summed E-state index contributed by atoms with van der Waals surface area (Å²) in [5.41, 5.74) is 2.70. The third kappa shape index (κ3) is 3.23. The summed E-state index contributed by atoms with van der Waals surface area (Å²) >= 11 is 6.10. The first kappa shape index (κ1) is 14.2. The largest absolute Gasteiger partial charge is 0.497 e. The summed E-state index contributed by atoms with van der Waals surface area (Å²) in [5.74, 6) is 0.780. The van der Waals surface area contributed by atoms with Crippen molar-refractivity contribution in [3.63, 3.8) is 0 Å². The highest BCUT2D eigenvalue weighted by molar-refractivity contribution is 6.31. The van der Waals surface area contributed by atoms with Gasteiger partial charge >= 0.3 is 0 Å². The van der Waals surface area contributed by atoms with Crippen LogP contribution < -0.4 is 10.1 Å². The minimum absolute atomic E-state index is 0.443. The summed E-state index contributed by atoms with van der Waals surface area (Å²) < 4.78 is 5.10. The highest BCUT2D eigenvalue weighted by Crippen LogP contribution is 2.25. The average Bonchev–Trinajstić information content (AvgIpc) is 2.48.